The summed E-state index contributed by atoms with van der Waals surface area (Å²) in [5, 5.41) is 7.69. The topological polar surface area (TPSA) is 66.6 Å². The Kier molecular flexibility index (Phi) is 2.71. The van der Waals surface area contributed by atoms with Crippen molar-refractivity contribution in [3.63, 3.8) is 0 Å². The van der Waals surface area contributed by atoms with Gasteiger partial charge in [0, 0.05) is 17.7 Å². The van der Waals surface area contributed by atoms with E-state index in [-0.39, 0.29) is 0 Å². The summed E-state index contributed by atoms with van der Waals surface area (Å²) in [5.74, 6) is 0. The van der Waals surface area contributed by atoms with Gasteiger partial charge in [-0.25, -0.2) is 0 Å². The number of hydrogen-bond acceptors (Lipinski definition) is 2. The summed E-state index contributed by atoms with van der Waals surface area (Å²) >= 11 is 0. The molecule has 0 saturated heterocycles. The molecule has 0 amide bonds. The van der Waals surface area contributed by atoms with Crippen molar-refractivity contribution in [1.82, 2.24) is 9.78 Å². The first kappa shape index (κ1) is 8.62. The molecule has 0 radical (unpaired) electrons. The third-order valence-electron chi connectivity index (χ3n) is 1.69. The van der Waals surface area contributed by atoms with E-state index >= 15 is 0 Å². The number of aromatic nitrogens is 2. The van der Waals surface area contributed by atoms with Crippen LogP contribution in [0.3, 0.4) is 0 Å². The van der Waals surface area contributed by atoms with Crippen molar-refractivity contribution < 1.29 is 0 Å². The van der Waals surface area contributed by atoms with Crippen LogP contribution in [0, 0.1) is 0 Å². The van der Waals surface area contributed by atoms with E-state index in [0.717, 1.165) is 17.8 Å². The Hall–Kier alpha value is -1.48. The Balaban J connectivity index is 2.84. The van der Waals surface area contributed by atoms with Crippen LogP contribution < -0.4 is 0 Å². The van der Waals surface area contributed by atoms with Crippen molar-refractivity contribution in [2.24, 2.45) is 12.2 Å². The molecule has 0 fully saturated rings. The summed E-state index contributed by atoms with van der Waals surface area (Å²) in [4.78, 5) is 2.69. The molecule has 1 aromatic rings. The minimum absolute atomic E-state index is 0.375. The van der Waals surface area contributed by atoms with Gasteiger partial charge in [-0.15, -0.1) is 0 Å². The van der Waals surface area contributed by atoms with Gasteiger partial charge in [-0.2, -0.15) is 5.10 Å². The summed E-state index contributed by atoms with van der Waals surface area (Å²) in [6.07, 6.45) is 0.907. The van der Waals surface area contributed by atoms with E-state index in [1.54, 1.807) is 4.68 Å². The number of aryl methyl sites for hydroxylation is 2. The van der Waals surface area contributed by atoms with E-state index < -0.39 is 0 Å². The molecule has 0 aliphatic heterocycles. The lowest BCUT2D eigenvalue weighted by atomic mass is 10.3. The monoisotopic (exact) mass is 165 g/mol. The normalized spacial score (nSPS) is 9.50. The Bertz CT molecular complexity index is 308. The van der Waals surface area contributed by atoms with E-state index in [1.807, 2.05) is 20.0 Å². The van der Waals surface area contributed by atoms with Crippen LogP contribution in [-0.4, -0.2) is 9.78 Å². The number of azide groups is 1. The number of rotatable bonds is 3. The third kappa shape index (κ3) is 1.77. The maximum atomic E-state index is 8.11. The highest BCUT2D eigenvalue weighted by molar-refractivity contribution is 5.09. The SMILES string of the molecule is CCc1cc(CN=[N+]=[N-])n(C)n1. The largest absolute Gasteiger partial charge is 0.272 e. The molecule has 12 heavy (non-hydrogen) atoms. The smallest absolute Gasteiger partial charge is 0.0681 e. The van der Waals surface area contributed by atoms with Crippen LogP contribution in [0.25, 0.3) is 10.4 Å². The Morgan fingerprint density at radius 3 is 3.00 bits per heavy atom. The highest BCUT2D eigenvalue weighted by Gasteiger charge is 2.00. The van der Waals surface area contributed by atoms with Crippen molar-refractivity contribution in [1.29, 1.82) is 0 Å². The maximum absolute atomic E-state index is 8.11. The Morgan fingerprint density at radius 2 is 2.50 bits per heavy atom. The second-order valence-corrected chi connectivity index (χ2v) is 2.49. The highest BCUT2D eigenvalue weighted by Crippen LogP contribution is 2.04. The van der Waals surface area contributed by atoms with E-state index in [0.29, 0.717) is 6.54 Å². The molecule has 0 unspecified atom stereocenters. The van der Waals surface area contributed by atoms with Gasteiger partial charge < -0.3 is 0 Å². The second kappa shape index (κ2) is 3.78. The average Bonchev–Trinajstić information content (AvgIpc) is 2.43. The number of hydrogen-bond donors (Lipinski definition) is 0. The molecular formula is C7H11N5. The summed E-state index contributed by atoms with van der Waals surface area (Å²) < 4.78 is 1.74. The van der Waals surface area contributed by atoms with Crippen molar-refractivity contribution in [2.75, 3.05) is 0 Å². The quantitative estimate of drug-likeness (QED) is 0.382. The Labute approximate surface area is 70.6 Å². The molecule has 0 aliphatic carbocycles. The first-order chi connectivity index (χ1) is 5.77. The van der Waals surface area contributed by atoms with Gasteiger partial charge in [0.1, 0.15) is 0 Å². The van der Waals surface area contributed by atoms with E-state index in [4.69, 9.17) is 5.53 Å². The zero-order chi connectivity index (χ0) is 8.97. The van der Waals surface area contributed by atoms with Gasteiger partial charge in [0.2, 0.25) is 0 Å². The van der Waals surface area contributed by atoms with Crippen molar-refractivity contribution >= 4 is 0 Å². The standard InChI is InChI=1S/C7H11N5/c1-3-6-4-7(5-9-11-8)12(2)10-6/h4H,3,5H2,1-2H3. The van der Waals surface area contributed by atoms with Crippen molar-refractivity contribution in [2.45, 2.75) is 19.9 Å². The van der Waals surface area contributed by atoms with Gasteiger partial charge in [-0.3, -0.25) is 4.68 Å². The van der Waals surface area contributed by atoms with E-state index in [2.05, 4.69) is 15.1 Å². The van der Waals surface area contributed by atoms with Gasteiger partial charge in [0.05, 0.1) is 12.2 Å². The van der Waals surface area contributed by atoms with Crippen LogP contribution in [0.5, 0.6) is 0 Å². The zero-order valence-corrected chi connectivity index (χ0v) is 7.23. The molecule has 5 heteroatoms. The molecule has 0 aliphatic rings. The van der Waals surface area contributed by atoms with E-state index in [1.165, 1.54) is 0 Å². The molecule has 0 atom stereocenters. The van der Waals surface area contributed by atoms with Crippen molar-refractivity contribution in [3.8, 4) is 0 Å². The molecule has 0 N–H and O–H groups in total. The molecule has 1 aromatic heterocycles. The summed E-state index contributed by atoms with van der Waals surface area (Å²) in [6.45, 7) is 2.42. The fourth-order valence-corrected chi connectivity index (χ4v) is 0.996. The van der Waals surface area contributed by atoms with Gasteiger partial charge >= 0.3 is 0 Å². The summed E-state index contributed by atoms with van der Waals surface area (Å²) in [6, 6.07) is 1.95. The van der Waals surface area contributed by atoms with Gasteiger partial charge in [-0.1, -0.05) is 12.0 Å². The van der Waals surface area contributed by atoms with Gasteiger partial charge in [-0.05, 0) is 18.0 Å². The van der Waals surface area contributed by atoms with Crippen LogP contribution in [0.2, 0.25) is 0 Å². The zero-order valence-electron chi connectivity index (χ0n) is 7.23. The molecular weight excluding hydrogens is 154 g/mol. The van der Waals surface area contributed by atoms with Crippen LogP contribution >= 0.6 is 0 Å². The molecule has 5 nitrogen and oxygen atoms in total. The average molecular weight is 165 g/mol. The van der Waals surface area contributed by atoms with E-state index in [9.17, 15) is 0 Å². The predicted octanol–water partition coefficient (Wildman–Crippen LogP) is 1.79. The molecule has 1 heterocycles. The lowest BCUT2D eigenvalue weighted by Crippen LogP contribution is -1.96. The lowest BCUT2D eigenvalue weighted by Gasteiger charge is -1.93. The number of nitrogens with zero attached hydrogens (tertiary/aromatic N) is 5. The first-order valence-corrected chi connectivity index (χ1v) is 3.80. The fourth-order valence-electron chi connectivity index (χ4n) is 0.996. The van der Waals surface area contributed by atoms with Gasteiger partial charge in [0.25, 0.3) is 0 Å². The maximum Gasteiger partial charge on any atom is 0.0681 e. The van der Waals surface area contributed by atoms with Crippen LogP contribution in [-0.2, 0) is 20.0 Å². The van der Waals surface area contributed by atoms with Gasteiger partial charge in [0.15, 0.2) is 0 Å². The van der Waals surface area contributed by atoms with Crippen LogP contribution in [0.15, 0.2) is 11.2 Å². The predicted molar refractivity (Wildman–Crippen MR) is 45.4 cm³/mol. The Morgan fingerprint density at radius 1 is 1.75 bits per heavy atom. The summed E-state index contributed by atoms with van der Waals surface area (Å²) in [7, 11) is 1.85. The van der Waals surface area contributed by atoms with Crippen LogP contribution in [0.4, 0.5) is 0 Å². The minimum atomic E-state index is 0.375. The third-order valence-corrected chi connectivity index (χ3v) is 1.69. The second-order valence-electron chi connectivity index (χ2n) is 2.49. The first-order valence-electron chi connectivity index (χ1n) is 3.80. The van der Waals surface area contributed by atoms with Crippen LogP contribution in [0.1, 0.15) is 18.3 Å². The molecule has 0 saturated carbocycles. The fraction of sp³-hybridized carbons (Fsp3) is 0.571. The lowest BCUT2D eigenvalue weighted by molar-refractivity contribution is 0.699. The molecule has 0 aromatic carbocycles. The molecule has 0 spiro atoms. The molecule has 64 valence electrons. The molecule has 0 bridgehead atoms. The summed E-state index contributed by atoms with van der Waals surface area (Å²) in [5.41, 5.74) is 10.1. The molecule has 1 rings (SSSR count). The minimum Gasteiger partial charge on any atom is -0.272 e. The van der Waals surface area contributed by atoms with Crippen molar-refractivity contribution in [3.05, 3.63) is 27.9 Å². The highest BCUT2D eigenvalue weighted by atomic mass is 15.3.